The molecule has 3 aromatic carbocycles. The Morgan fingerprint density at radius 3 is 2.38 bits per heavy atom. The van der Waals surface area contributed by atoms with E-state index in [1.807, 2.05) is 75.8 Å². The number of carboxylic acid groups (broad SMARTS) is 1. The van der Waals surface area contributed by atoms with E-state index in [0.29, 0.717) is 53.3 Å². The number of aromatic nitrogens is 4. The molecule has 0 saturated carbocycles. The topological polar surface area (TPSA) is 113 Å². The Balaban J connectivity index is 1.39. The fourth-order valence-electron chi connectivity index (χ4n) is 8.22. The molecule has 1 atom stereocenters. The number of hydrogen-bond donors (Lipinski definition) is 1. The number of nitrogens with zero attached hydrogens (tertiary/aromatic N) is 5. The molecule has 6 aromatic rings. The second-order valence-electron chi connectivity index (χ2n) is 14.5. The summed E-state index contributed by atoms with van der Waals surface area (Å²) in [5.41, 5.74) is 10.0. The number of rotatable bonds is 12. The number of fused-ring (bicyclic) bond motifs is 4. The standard InChI is InChI=1S/C42H45Cl2N5O6/c1-22-14-29(15-23(2)37(22)44)55-13-9-10-30-31-11-12-32(43)36(35-25(4)45-47(7)26(35)5)39(31)49-24(3)19-48(41(50)40(30)49)33-17-27(20-54-21-53-8)16-28-18-34(42(51)52)46(6)38(28)33/h11-12,14-18,24H,9-10,13,19-21H2,1-8H3,(H,51,52)/t24-/m1/s1. The third kappa shape index (κ3) is 6.67. The molecule has 0 saturated heterocycles. The number of amides is 1. The van der Waals surface area contributed by atoms with Gasteiger partial charge in [0.1, 0.15) is 23.9 Å². The number of halogens is 2. The summed E-state index contributed by atoms with van der Waals surface area (Å²) in [4.78, 5) is 29.4. The minimum absolute atomic E-state index is 0.0907. The number of anilines is 1. The average Bonchev–Trinajstić information content (AvgIpc) is 3.74. The van der Waals surface area contributed by atoms with Crippen LogP contribution in [0.4, 0.5) is 5.69 Å². The van der Waals surface area contributed by atoms with Crippen LogP contribution in [0.15, 0.2) is 42.5 Å². The predicted octanol–water partition coefficient (Wildman–Crippen LogP) is 9.13. The molecule has 0 spiro atoms. The van der Waals surface area contributed by atoms with E-state index in [-0.39, 0.29) is 31.0 Å². The molecule has 1 N–H and O–H groups in total. The van der Waals surface area contributed by atoms with E-state index < -0.39 is 5.97 Å². The van der Waals surface area contributed by atoms with Gasteiger partial charge in [-0.15, -0.1) is 0 Å². The average molecular weight is 787 g/mol. The van der Waals surface area contributed by atoms with Gasteiger partial charge in [0.2, 0.25) is 0 Å². The van der Waals surface area contributed by atoms with Gasteiger partial charge in [0.25, 0.3) is 5.91 Å². The van der Waals surface area contributed by atoms with Crippen molar-refractivity contribution in [1.29, 1.82) is 0 Å². The zero-order valence-corrected chi connectivity index (χ0v) is 33.9. The molecule has 0 fully saturated rings. The third-order valence-electron chi connectivity index (χ3n) is 10.7. The Morgan fingerprint density at radius 1 is 1.00 bits per heavy atom. The quantitative estimate of drug-likeness (QED) is 0.0973. The first kappa shape index (κ1) is 38.5. The van der Waals surface area contributed by atoms with Gasteiger partial charge in [0, 0.05) is 66.4 Å². The fourth-order valence-corrected chi connectivity index (χ4v) is 8.57. The Labute approximate surface area is 329 Å². The van der Waals surface area contributed by atoms with Gasteiger partial charge in [-0.05, 0) is 106 Å². The van der Waals surface area contributed by atoms with Crippen LogP contribution in [-0.4, -0.2) is 63.0 Å². The maximum atomic E-state index is 15.3. The van der Waals surface area contributed by atoms with Crippen LogP contribution in [0.5, 0.6) is 5.75 Å². The highest BCUT2D eigenvalue weighted by molar-refractivity contribution is 6.35. The maximum Gasteiger partial charge on any atom is 0.352 e. The molecule has 0 unspecified atom stereocenters. The molecule has 4 heterocycles. The summed E-state index contributed by atoms with van der Waals surface area (Å²) >= 11 is 13.5. The zero-order chi connectivity index (χ0) is 39.5. The Kier molecular flexibility index (Phi) is 10.5. The monoisotopic (exact) mass is 785 g/mol. The van der Waals surface area contributed by atoms with E-state index in [1.54, 1.807) is 29.7 Å². The second-order valence-corrected chi connectivity index (χ2v) is 15.3. The van der Waals surface area contributed by atoms with Crippen molar-refractivity contribution in [1.82, 2.24) is 18.9 Å². The summed E-state index contributed by atoms with van der Waals surface area (Å²) in [7, 11) is 5.19. The molecular formula is C42H45Cl2N5O6. The lowest BCUT2D eigenvalue weighted by atomic mass is 9.98. The summed E-state index contributed by atoms with van der Waals surface area (Å²) in [5, 5.41) is 17.7. The molecule has 11 nitrogen and oxygen atoms in total. The first-order valence-corrected chi connectivity index (χ1v) is 19.0. The second kappa shape index (κ2) is 15.0. The summed E-state index contributed by atoms with van der Waals surface area (Å²) in [6.45, 7) is 11.1. The number of carboxylic acids is 1. The number of hydrogen-bond acceptors (Lipinski definition) is 6. The number of methoxy groups -OCH3 is 1. The summed E-state index contributed by atoms with van der Waals surface area (Å²) < 4.78 is 22.7. The van der Waals surface area contributed by atoms with Gasteiger partial charge in [-0.3, -0.25) is 9.48 Å². The van der Waals surface area contributed by atoms with Crippen molar-refractivity contribution in [2.24, 2.45) is 14.1 Å². The van der Waals surface area contributed by atoms with Gasteiger partial charge in [0.15, 0.2) is 0 Å². The molecule has 0 aliphatic carbocycles. The van der Waals surface area contributed by atoms with Crippen LogP contribution in [-0.2, 0) is 36.6 Å². The van der Waals surface area contributed by atoms with E-state index in [2.05, 4.69) is 11.5 Å². The van der Waals surface area contributed by atoms with Gasteiger partial charge >= 0.3 is 5.97 Å². The number of ether oxygens (including phenoxy) is 3. The minimum Gasteiger partial charge on any atom is -0.494 e. The predicted molar refractivity (Wildman–Crippen MR) is 216 cm³/mol. The molecule has 0 radical (unpaired) electrons. The van der Waals surface area contributed by atoms with Crippen LogP contribution in [0.3, 0.4) is 0 Å². The van der Waals surface area contributed by atoms with Crippen molar-refractivity contribution in [3.8, 4) is 16.9 Å². The van der Waals surface area contributed by atoms with Gasteiger partial charge in [-0.2, -0.15) is 5.10 Å². The highest BCUT2D eigenvalue weighted by Crippen LogP contribution is 2.46. The largest absolute Gasteiger partial charge is 0.494 e. The first-order valence-electron chi connectivity index (χ1n) is 18.2. The van der Waals surface area contributed by atoms with E-state index >= 15 is 4.79 Å². The van der Waals surface area contributed by atoms with Gasteiger partial charge in [-0.1, -0.05) is 29.3 Å². The van der Waals surface area contributed by atoms with E-state index in [9.17, 15) is 9.90 Å². The van der Waals surface area contributed by atoms with E-state index in [0.717, 1.165) is 66.4 Å². The Morgan fingerprint density at radius 2 is 1.73 bits per heavy atom. The third-order valence-corrected chi connectivity index (χ3v) is 11.6. The summed E-state index contributed by atoms with van der Waals surface area (Å²) in [6.07, 6.45) is 1.18. The van der Waals surface area contributed by atoms with Crippen LogP contribution < -0.4 is 9.64 Å². The lowest BCUT2D eigenvalue weighted by Crippen LogP contribution is -2.43. The Hall–Kier alpha value is -4.81. The van der Waals surface area contributed by atoms with Crippen LogP contribution in [0.1, 0.15) is 74.0 Å². The number of benzene rings is 3. The fraction of sp³-hybridized carbons (Fsp3) is 0.357. The van der Waals surface area contributed by atoms with Crippen molar-refractivity contribution in [2.75, 3.05) is 32.0 Å². The molecule has 1 aliphatic rings. The zero-order valence-electron chi connectivity index (χ0n) is 32.3. The molecule has 7 rings (SSSR count). The van der Waals surface area contributed by atoms with Gasteiger partial charge in [-0.25, -0.2) is 4.79 Å². The van der Waals surface area contributed by atoms with Crippen molar-refractivity contribution in [2.45, 2.75) is 60.1 Å². The molecule has 1 amide bonds. The van der Waals surface area contributed by atoms with Crippen LogP contribution >= 0.6 is 23.2 Å². The highest BCUT2D eigenvalue weighted by atomic mass is 35.5. The molecule has 55 heavy (non-hydrogen) atoms. The summed E-state index contributed by atoms with van der Waals surface area (Å²) in [5.74, 6) is -0.498. The van der Waals surface area contributed by atoms with Crippen molar-refractivity contribution < 1.29 is 28.9 Å². The molecule has 0 bridgehead atoms. The number of aromatic carboxylic acids is 1. The van der Waals surface area contributed by atoms with Crippen LogP contribution in [0.25, 0.3) is 32.9 Å². The maximum absolute atomic E-state index is 15.3. The van der Waals surface area contributed by atoms with Gasteiger partial charge < -0.3 is 33.4 Å². The molecule has 1 aliphatic heterocycles. The summed E-state index contributed by atoms with van der Waals surface area (Å²) in [6, 6.07) is 13.1. The molecule has 13 heteroatoms. The highest BCUT2D eigenvalue weighted by Gasteiger charge is 2.38. The minimum atomic E-state index is -1.06. The Bertz CT molecular complexity index is 2490. The molecule has 3 aromatic heterocycles. The van der Waals surface area contributed by atoms with Crippen molar-refractivity contribution >= 4 is 62.6 Å². The van der Waals surface area contributed by atoms with Crippen LogP contribution in [0.2, 0.25) is 10.0 Å². The first-order chi connectivity index (χ1) is 26.2. The lowest BCUT2D eigenvalue weighted by Gasteiger charge is -2.35. The number of carbonyl (C=O) groups is 2. The SMILES string of the molecule is COCOCc1cc(N2C[C@@H](C)n3c(c(CCCOc4cc(C)c(Cl)c(C)c4)c4ccc(Cl)c(-c5c(C)nn(C)c5C)c43)C2=O)c2c(c1)cc(C(=O)O)n2C. The normalized spacial score (nSPS) is 14.4. The number of aryl methyl sites for hydroxylation is 6. The van der Waals surface area contributed by atoms with E-state index in [1.165, 1.54) is 0 Å². The lowest BCUT2D eigenvalue weighted by molar-refractivity contribution is -0.0390. The smallest absolute Gasteiger partial charge is 0.352 e. The van der Waals surface area contributed by atoms with Crippen molar-refractivity contribution in [3.63, 3.8) is 0 Å². The van der Waals surface area contributed by atoms with Crippen molar-refractivity contribution in [3.05, 3.63) is 97.5 Å². The van der Waals surface area contributed by atoms with E-state index in [4.69, 9.17) is 42.5 Å². The molecule has 288 valence electrons. The van der Waals surface area contributed by atoms with Gasteiger partial charge in [0.05, 0.1) is 40.7 Å². The van der Waals surface area contributed by atoms with Crippen LogP contribution in [0, 0.1) is 27.7 Å². The molecular weight excluding hydrogens is 741 g/mol. The number of carbonyl (C=O) groups excluding carboxylic acids is 1.